The highest BCUT2D eigenvalue weighted by Gasteiger charge is 2.27. The molecule has 2 aromatic rings. The van der Waals surface area contributed by atoms with E-state index in [1.165, 1.54) is 0 Å². The predicted octanol–water partition coefficient (Wildman–Crippen LogP) is 1.31. The van der Waals surface area contributed by atoms with Crippen molar-refractivity contribution in [3.05, 3.63) is 23.5 Å². The first-order chi connectivity index (χ1) is 9.56. The molecule has 3 rings (SSSR count). The number of pyridine rings is 1. The van der Waals surface area contributed by atoms with Crippen molar-refractivity contribution in [2.45, 2.75) is 19.9 Å². The van der Waals surface area contributed by atoms with Crippen LogP contribution in [0.1, 0.15) is 23.0 Å². The second-order valence-electron chi connectivity index (χ2n) is 5.45. The molecule has 0 radical (unpaired) electrons. The fraction of sp³-hybridized carbons (Fsp3) is 0.500. The Morgan fingerprint density at radius 1 is 1.45 bits per heavy atom. The van der Waals surface area contributed by atoms with Crippen LogP contribution in [0.4, 0.5) is 0 Å². The van der Waals surface area contributed by atoms with Crippen LogP contribution in [0.25, 0.3) is 11.1 Å². The van der Waals surface area contributed by atoms with Crippen LogP contribution in [0.3, 0.4) is 0 Å². The van der Waals surface area contributed by atoms with Gasteiger partial charge in [0.1, 0.15) is 0 Å². The van der Waals surface area contributed by atoms with Gasteiger partial charge < -0.3 is 14.3 Å². The first kappa shape index (κ1) is 13.1. The minimum Gasteiger partial charge on any atom is -0.336 e. The molecule has 106 valence electrons. The summed E-state index contributed by atoms with van der Waals surface area (Å²) in [6.45, 7) is 6.47. The van der Waals surface area contributed by atoms with Crippen LogP contribution in [0.5, 0.6) is 0 Å². The molecular formula is C14H18N4O2. The summed E-state index contributed by atoms with van der Waals surface area (Å²) in [6.07, 6.45) is 1.57. The Kier molecular flexibility index (Phi) is 3.17. The van der Waals surface area contributed by atoms with Gasteiger partial charge >= 0.3 is 0 Å². The number of hydrogen-bond acceptors (Lipinski definition) is 5. The Hall–Kier alpha value is -1.95. The van der Waals surface area contributed by atoms with Gasteiger partial charge in [-0.15, -0.1) is 0 Å². The molecule has 3 heterocycles. The summed E-state index contributed by atoms with van der Waals surface area (Å²) in [5.74, 6) is 0.0283. The number of likely N-dealkylation sites (N-methyl/N-ethyl adjacent to an activating group) is 1. The van der Waals surface area contributed by atoms with E-state index >= 15 is 0 Å². The monoisotopic (exact) mass is 274 g/mol. The molecule has 1 atom stereocenters. The number of aryl methyl sites for hydroxylation is 1. The molecule has 0 bridgehead atoms. The smallest absolute Gasteiger partial charge is 0.257 e. The van der Waals surface area contributed by atoms with E-state index < -0.39 is 0 Å². The summed E-state index contributed by atoms with van der Waals surface area (Å²) in [7, 11) is 2.08. The van der Waals surface area contributed by atoms with Crippen molar-refractivity contribution in [1.82, 2.24) is 19.9 Å². The summed E-state index contributed by atoms with van der Waals surface area (Å²) in [6, 6.07) is 2.03. The summed E-state index contributed by atoms with van der Waals surface area (Å²) >= 11 is 0. The molecule has 20 heavy (non-hydrogen) atoms. The Morgan fingerprint density at radius 2 is 2.25 bits per heavy atom. The lowest BCUT2D eigenvalue weighted by Gasteiger charge is -2.38. The molecule has 1 amide bonds. The highest BCUT2D eigenvalue weighted by Crippen LogP contribution is 2.19. The average molecular weight is 274 g/mol. The molecular weight excluding hydrogens is 256 g/mol. The fourth-order valence-electron chi connectivity index (χ4n) is 2.67. The van der Waals surface area contributed by atoms with Gasteiger partial charge in [-0.25, -0.2) is 4.98 Å². The molecule has 1 aliphatic rings. The van der Waals surface area contributed by atoms with Gasteiger partial charge in [-0.2, -0.15) is 0 Å². The lowest BCUT2D eigenvalue weighted by molar-refractivity contribution is 0.0533. The zero-order valence-corrected chi connectivity index (χ0v) is 12.0. The quantitative estimate of drug-likeness (QED) is 0.784. The van der Waals surface area contributed by atoms with Gasteiger partial charge in [0, 0.05) is 31.9 Å². The third-order valence-corrected chi connectivity index (χ3v) is 3.85. The van der Waals surface area contributed by atoms with Crippen molar-refractivity contribution >= 4 is 17.0 Å². The Morgan fingerprint density at radius 3 is 3.00 bits per heavy atom. The molecule has 1 aliphatic heterocycles. The number of amides is 1. The molecule has 0 unspecified atom stereocenters. The number of piperazine rings is 1. The average Bonchev–Trinajstić information content (AvgIpc) is 2.79. The minimum atomic E-state index is 0.0283. The van der Waals surface area contributed by atoms with Crippen molar-refractivity contribution in [2.75, 3.05) is 26.7 Å². The molecule has 6 nitrogen and oxygen atoms in total. The van der Waals surface area contributed by atoms with E-state index in [-0.39, 0.29) is 11.9 Å². The van der Waals surface area contributed by atoms with Crippen LogP contribution in [0.15, 0.2) is 16.8 Å². The van der Waals surface area contributed by atoms with Gasteiger partial charge in [0.15, 0.2) is 0 Å². The van der Waals surface area contributed by atoms with E-state index in [0.717, 1.165) is 30.7 Å². The van der Waals surface area contributed by atoms with Crippen molar-refractivity contribution in [3.8, 4) is 0 Å². The topological polar surface area (TPSA) is 62.5 Å². The maximum atomic E-state index is 12.6. The van der Waals surface area contributed by atoms with Crippen molar-refractivity contribution in [2.24, 2.45) is 0 Å². The Labute approximate surface area is 117 Å². The molecule has 0 aliphatic carbocycles. The van der Waals surface area contributed by atoms with E-state index in [2.05, 4.69) is 29.0 Å². The van der Waals surface area contributed by atoms with Gasteiger partial charge in [0.05, 0.1) is 16.6 Å². The zero-order chi connectivity index (χ0) is 14.3. The fourth-order valence-corrected chi connectivity index (χ4v) is 2.67. The van der Waals surface area contributed by atoms with Crippen LogP contribution >= 0.6 is 0 Å². The van der Waals surface area contributed by atoms with Crippen molar-refractivity contribution in [3.63, 3.8) is 0 Å². The number of aromatic nitrogens is 2. The highest BCUT2D eigenvalue weighted by atomic mass is 16.5. The largest absolute Gasteiger partial charge is 0.336 e. The standard InChI is InChI=1S/C14H18N4O2/c1-9-8-17(3)4-5-18(9)14(19)11-6-12-10(2)16-20-13(12)15-7-11/h6-7,9H,4-5,8H2,1-3H3/t9-/m0/s1. The molecule has 2 aromatic heterocycles. The SMILES string of the molecule is Cc1noc2ncc(C(=O)N3CCN(C)C[C@@H]3C)cc12. The number of carbonyl (C=O) groups is 1. The maximum Gasteiger partial charge on any atom is 0.257 e. The molecule has 0 saturated carbocycles. The van der Waals surface area contributed by atoms with Crippen LogP contribution in [-0.4, -0.2) is 58.6 Å². The van der Waals surface area contributed by atoms with Gasteiger partial charge in [-0.05, 0) is 27.0 Å². The molecule has 0 spiro atoms. The summed E-state index contributed by atoms with van der Waals surface area (Å²) in [4.78, 5) is 20.9. The van der Waals surface area contributed by atoms with Gasteiger partial charge in [0.25, 0.3) is 11.6 Å². The van der Waals surface area contributed by atoms with E-state index in [9.17, 15) is 4.79 Å². The number of fused-ring (bicyclic) bond motifs is 1. The van der Waals surface area contributed by atoms with Gasteiger partial charge in [-0.1, -0.05) is 5.16 Å². The number of carbonyl (C=O) groups excluding carboxylic acids is 1. The highest BCUT2D eigenvalue weighted by molar-refractivity contribution is 5.97. The lowest BCUT2D eigenvalue weighted by Crippen LogP contribution is -2.52. The summed E-state index contributed by atoms with van der Waals surface area (Å²) < 4.78 is 5.07. The van der Waals surface area contributed by atoms with E-state index in [0.29, 0.717) is 11.3 Å². The van der Waals surface area contributed by atoms with Crippen LogP contribution in [0.2, 0.25) is 0 Å². The van der Waals surface area contributed by atoms with Crippen LogP contribution in [-0.2, 0) is 0 Å². The van der Waals surface area contributed by atoms with E-state index in [1.54, 1.807) is 6.20 Å². The van der Waals surface area contributed by atoms with Crippen molar-refractivity contribution in [1.29, 1.82) is 0 Å². The van der Waals surface area contributed by atoms with E-state index in [4.69, 9.17) is 4.52 Å². The molecule has 1 fully saturated rings. The number of nitrogens with zero attached hydrogens (tertiary/aromatic N) is 4. The van der Waals surface area contributed by atoms with Gasteiger partial charge in [-0.3, -0.25) is 4.79 Å². The Bertz CT molecular complexity index is 652. The van der Waals surface area contributed by atoms with Crippen molar-refractivity contribution < 1.29 is 9.32 Å². The molecule has 1 saturated heterocycles. The molecule has 6 heteroatoms. The zero-order valence-electron chi connectivity index (χ0n) is 12.0. The number of hydrogen-bond donors (Lipinski definition) is 0. The van der Waals surface area contributed by atoms with Crippen LogP contribution in [0, 0.1) is 6.92 Å². The third-order valence-electron chi connectivity index (χ3n) is 3.85. The predicted molar refractivity (Wildman–Crippen MR) is 74.5 cm³/mol. The lowest BCUT2D eigenvalue weighted by atomic mass is 10.1. The van der Waals surface area contributed by atoms with E-state index in [1.807, 2.05) is 17.9 Å². The molecule has 0 aromatic carbocycles. The second kappa shape index (κ2) is 4.86. The van der Waals surface area contributed by atoms with Crippen LogP contribution < -0.4 is 0 Å². The number of rotatable bonds is 1. The Balaban J connectivity index is 1.90. The first-order valence-electron chi connectivity index (χ1n) is 6.78. The summed E-state index contributed by atoms with van der Waals surface area (Å²) in [5, 5.41) is 4.67. The third kappa shape index (κ3) is 2.16. The van der Waals surface area contributed by atoms with Gasteiger partial charge in [0.2, 0.25) is 0 Å². The molecule has 0 N–H and O–H groups in total. The maximum absolute atomic E-state index is 12.6. The second-order valence-corrected chi connectivity index (χ2v) is 5.45. The first-order valence-corrected chi connectivity index (χ1v) is 6.78. The minimum absolute atomic E-state index is 0.0283. The normalized spacial score (nSPS) is 20.6. The summed E-state index contributed by atoms with van der Waals surface area (Å²) in [5.41, 5.74) is 1.83.